The molecular formula is C26H30N6O2. The predicted molar refractivity (Wildman–Crippen MR) is 129 cm³/mol. The van der Waals surface area contributed by atoms with Crippen molar-refractivity contribution in [2.24, 2.45) is 17.8 Å². The Kier molecular flexibility index (Phi) is 4.95. The first-order chi connectivity index (χ1) is 16.4. The summed E-state index contributed by atoms with van der Waals surface area (Å²) in [6.45, 7) is 2.86. The van der Waals surface area contributed by atoms with Crippen LogP contribution in [0.1, 0.15) is 49.5 Å². The average Bonchev–Trinajstić information content (AvgIpc) is 3.30. The molecule has 4 bridgehead atoms. The SMILES string of the molecule is CCn1cc(-c2cccc(-c3cnc(N)c(C(=O)NC4[C@@H]5CC6C[C@H]4CC(O)(C6)C5)n3)c2)cn1. The highest BCUT2D eigenvalue weighted by molar-refractivity contribution is 5.97. The summed E-state index contributed by atoms with van der Waals surface area (Å²) in [5, 5.41) is 18.4. The number of nitrogens with two attached hydrogens (primary N) is 1. The predicted octanol–water partition coefficient (Wildman–Crippen LogP) is 3.28. The van der Waals surface area contributed by atoms with Gasteiger partial charge in [0.1, 0.15) is 0 Å². The molecule has 5 atom stereocenters. The third-order valence-electron chi connectivity index (χ3n) is 8.00. The van der Waals surface area contributed by atoms with Crippen LogP contribution < -0.4 is 11.1 Å². The monoisotopic (exact) mass is 458 g/mol. The Morgan fingerprint density at radius 3 is 2.65 bits per heavy atom. The fourth-order valence-electron chi connectivity index (χ4n) is 6.69. The van der Waals surface area contributed by atoms with Gasteiger partial charge >= 0.3 is 0 Å². The fourth-order valence-corrected chi connectivity index (χ4v) is 6.69. The van der Waals surface area contributed by atoms with Crippen LogP contribution in [0.15, 0.2) is 42.9 Å². The molecule has 3 aromatic rings. The minimum Gasteiger partial charge on any atom is -0.390 e. The minimum absolute atomic E-state index is 0.0626. The maximum Gasteiger partial charge on any atom is 0.273 e. The Morgan fingerprint density at radius 1 is 1.18 bits per heavy atom. The number of nitrogens with one attached hydrogen (secondary N) is 1. The number of aryl methyl sites for hydroxylation is 1. The Balaban J connectivity index is 1.25. The first kappa shape index (κ1) is 21.3. The van der Waals surface area contributed by atoms with Crippen molar-refractivity contribution in [3.05, 3.63) is 48.5 Å². The van der Waals surface area contributed by atoms with Gasteiger partial charge in [-0.25, -0.2) is 9.97 Å². The Morgan fingerprint density at radius 2 is 1.94 bits per heavy atom. The number of hydrogen-bond donors (Lipinski definition) is 3. The van der Waals surface area contributed by atoms with Gasteiger partial charge in [0, 0.05) is 29.9 Å². The minimum atomic E-state index is -0.533. The number of aromatic nitrogens is 4. The molecule has 8 nitrogen and oxygen atoms in total. The van der Waals surface area contributed by atoms with E-state index in [2.05, 4.69) is 27.3 Å². The number of benzene rings is 1. The highest BCUT2D eigenvalue weighted by Crippen LogP contribution is 2.55. The first-order valence-electron chi connectivity index (χ1n) is 12.2. The quantitative estimate of drug-likeness (QED) is 0.540. The van der Waals surface area contributed by atoms with E-state index in [-0.39, 0.29) is 23.5 Å². The molecular weight excluding hydrogens is 428 g/mol. The molecule has 1 aromatic carbocycles. The van der Waals surface area contributed by atoms with Gasteiger partial charge in [-0.2, -0.15) is 5.10 Å². The van der Waals surface area contributed by atoms with Crippen LogP contribution in [0.3, 0.4) is 0 Å². The lowest BCUT2D eigenvalue weighted by Crippen LogP contribution is -2.61. The molecule has 0 aliphatic heterocycles. The number of nitrogen functional groups attached to an aromatic ring is 1. The summed E-state index contributed by atoms with van der Waals surface area (Å²) in [7, 11) is 0. The van der Waals surface area contributed by atoms with Gasteiger partial charge in [0.15, 0.2) is 11.5 Å². The molecule has 1 amide bonds. The normalized spacial score (nSPS) is 29.4. The molecule has 7 rings (SSSR count). The molecule has 2 aromatic heterocycles. The zero-order valence-corrected chi connectivity index (χ0v) is 19.3. The van der Waals surface area contributed by atoms with Crippen LogP contribution in [0.4, 0.5) is 5.82 Å². The molecule has 0 spiro atoms. The highest BCUT2D eigenvalue weighted by atomic mass is 16.3. The third-order valence-corrected chi connectivity index (χ3v) is 8.00. The summed E-state index contributed by atoms with van der Waals surface area (Å²) in [6.07, 6.45) is 10.1. The van der Waals surface area contributed by atoms with Crippen LogP contribution in [0.5, 0.6) is 0 Å². The fraction of sp³-hybridized carbons (Fsp3) is 0.462. The first-order valence-corrected chi connectivity index (χ1v) is 12.2. The van der Waals surface area contributed by atoms with Gasteiger partial charge in [-0.1, -0.05) is 18.2 Å². The molecule has 0 saturated heterocycles. The number of nitrogens with zero attached hydrogens (tertiary/aromatic N) is 4. The average molecular weight is 459 g/mol. The van der Waals surface area contributed by atoms with E-state index >= 15 is 0 Å². The van der Waals surface area contributed by atoms with Crippen molar-refractivity contribution >= 4 is 11.7 Å². The van der Waals surface area contributed by atoms with Gasteiger partial charge in [-0.3, -0.25) is 9.48 Å². The van der Waals surface area contributed by atoms with Crippen LogP contribution >= 0.6 is 0 Å². The van der Waals surface area contributed by atoms with Crippen molar-refractivity contribution in [2.45, 2.75) is 57.2 Å². The van der Waals surface area contributed by atoms with Crippen LogP contribution in [-0.2, 0) is 6.54 Å². The molecule has 4 N–H and O–H groups in total. The van der Waals surface area contributed by atoms with E-state index in [9.17, 15) is 9.90 Å². The lowest BCUT2D eigenvalue weighted by Gasteiger charge is -2.58. The third kappa shape index (κ3) is 3.66. The van der Waals surface area contributed by atoms with E-state index in [1.807, 2.05) is 41.3 Å². The molecule has 4 aliphatic carbocycles. The number of carbonyl (C=O) groups excluding carboxylic acids is 1. The second-order valence-corrected chi connectivity index (χ2v) is 10.3. The Labute approximate surface area is 198 Å². The largest absolute Gasteiger partial charge is 0.390 e. The molecule has 4 fully saturated rings. The van der Waals surface area contributed by atoms with Crippen LogP contribution in [0.2, 0.25) is 0 Å². The number of amides is 1. The molecule has 176 valence electrons. The van der Waals surface area contributed by atoms with E-state index < -0.39 is 5.60 Å². The lowest BCUT2D eigenvalue weighted by atomic mass is 9.52. The summed E-state index contributed by atoms with van der Waals surface area (Å²) in [5.74, 6) is 1.07. The smallest absolute Gasteiger partial charge is 0.273 e. The zero-order chi connectivity index (χ0) is 23.4. The molecule has 4 saturated carbocycles. The van der Waals surface area contributed by atoms with E-state index in [0.29, 0.717) is 23.4 Å². The van der Waals surface area contributed by atoms with Gasteiger partial charge in [0.05, 0.1) is 23.7 Å². The maximum atomic E-state index is 13.3. The Hall–Kier alpha value is -3.26. The summed E-state index contributed by atoms with van der Waals surface area (Å²) < 4.78 is 1.89. The molecule has 0 radical (unpaired) electrons. The van der Waals surface area contributed by atoms with Gasteiger partial charge in [-0.15, -0.1) is 0 Å². The van der Waals surface area contributed by atoms with Gasteiger partial charge in [0.2, 0.25) is 0 Å². The van der Waals surface area contributed by atoms with Crippen molar-refractivity contribution in [1.29, 1.82) is 0 Å². The van der Waals surface area contributed by atoms with Crippen molar-refractivity contribution in [2.75, 3.05) is 5.73 Å². The summed E-state index contributed by atoms with van der Waals surface area (Å²) >= 11 is 0. The molecule has 4 aliphatic rings. The second kappa shape index (κ2) is 7.91. The Bertz CT molecular complexity index is 1240. The standard InChI is InChI=1S/C26H30N6O2/c1-2-32-14-20(12-29-32)16-4-3-5-17(8-16)21-13-28-24(27)23(30-21)25(33)31-22-18-6-15-7-19(22)11-26(34,9-15)10-18/h3-5,8,12-15,18-19,22,34H,2,6-7,9-11H2,1H3,(H2,27,28)(H,31,33)/t15?,18-,19+,22?,26?. The molecule has 2 heterocycles. The number of carbonyl (C=O) groups is 1. The van der Waals surface area contributed by atoms with E-state index in [1.54, 1.807) is 6.20 Å². The number of hydrogen-bond acceptors (Lipinski definition) is 6. The van der Waals surface area contributed by atoms with Crippen molar-refractivity contribution in [3.8, 4) is 22.4 Å². The van der Waals surface area contributed by atoms with Gasteiger partial charge in [0.25, 0.3) is 5.91 Å². The maximum absolute atomic E-state index is 13.3. The zero-order valence-electron chi connectivity index (χ0n) is 19.3. The number of rotatable bonds is 5. The topological polar surface area (TPSA) is 119 Å². The van der Waals surface area contributed by atoms with Crippen molar-refractivity contribution < 1.29 is 9.90 Å². The van der Waals surface area contributed by atoms with E-state index in [4.69, 9.17) is 5.73 Å². The second-order valence-electron chi connectivity index (χ2n) is 10.3. The van der Waals surface area contributed by atoms with Crippen LogP contribution in [0.25, 0.3) is 22.4 Å². The van der Waals surface area contributed by atoms with Gasteiger partial charge in [-0.05, 0) is 68.4 Å². The van der Waals surface area contributed by atoms with Crippen LogP contribution in [-0.4, -0.2) is 42.4 Å². The highest BCUT2D eigenvalue weighted by Gasteiger charge is 2.55. The van der Waals surface area contributed by atoms with Crippen molar-refractivity contribution in [3.63, 3.8) is 0 Å². The molecule has 34 heavy (non-hydrogen) atoms. The summed E-state index contributed by atoms with van der Waals surface area (Å²) in [6, 6.07) is 8.03. The van der Waals surface area contributed by atoms with Gasteiger partial charge < -0.3 is 16.2 Å². The molecule has 3 unspecified atom stereocenters. The van der Waals surface area contributed by atoms with E-state index in [0.717, 1.165) is 55.3 Å². The number of anilines is 1. The van der Waals surface area contributed by atoms with Crippen LogP contribution in [0, 0.1) is 17.8 Å². The summed E-state index contributed by atoms with van der Waals surface area (Å²) in [5.41, 5.74) is 9.23. The van der Waals surface area contributed by atoms with Crippen molar-refractivity contribution in [1.82, 2.24) is 25.1 Å². The molecule has 8 heteroatoms. The summed E-state index contributed by atoms with van der Waals surface area (Å²) in [4.78, 5) is 22.2. The lowest BCUT2D eigenvalue weighted by molar-refractivity contribution is -0.136. The number of aliphatic hydroxyl groups is 1. The van der Waals surface area contributed by atoms with E-state index in [1.165, 1.54) is 0 Å².